The highest BCUT2D eigenvalue weighted by Crippen LogP contribution is 2.16. The Morgan fingerprint density at radius 2 is 1.73 bits per heavy atom. The molecule has 1 aromatic heterocycles. The lowest BCUT2D eigenvalue weighted by Gasteiger charge is -2.37. The van der Waals surface area contributed by atoms with E-state index in [9.17, 15) is 9.59 Å². The van der Waals surface area contributed by atoms with Gasteiger partial charge in [0.25, 0.3) is 0 Å². The van der Waals surface area contributed by atoms with Crippen LogP contribution in [0.1, 0.15) is 24.2 Å². The first-order valence-corrected chi connectivity index (χ1v) is 8.86. The van der Waals surface area contributed by atoms with Crippen LogP contribution in [0.25, 0.3) is 0 Å². The van der Waals surface area contributed by atoms with Crippen LogP contribution in [0.2, 0.25) is 0 Å². The van der Waals surface area contributed by atoms with E-state index >= 15 is 0 Å². The fraction of sp³-hybridized carbons (Fsp3) is 0.350. The second-order valence-electron chi connectivity index (χ2n) is 6.51. The van der Waals surface area contributed by atoms with Crippen molar-refractivity contribution in [3.8, 4) is 0 Å². The first kappa shape index (κ1) is 18.1. The van der Waals surface area contributed by atoms with Gasteiger partial charge in [-0.05, 0) is 50.2 Å². The van der Waals surface area contributed by atoms with Crippen LogP contribution >= 0.6 is 0 Å². The normalized spacial score (nSPS) is 16.2. The molecular formula is C20H24N4O2. The zero-order chi connectivity index (χ0) is 18.5. The molecule has 1 saturated heterocycles. The molecule has 0 bridgehead atoms. The van der Waals surface area contributed by atoms with Crippen molar-refractivity contribution in [3.63, 3.8) is 0 Å². The van der Waals surface area contributed by atoms with Gasteiger partial charge in [-0.1, -0.05) is 6.07 Å². The molecule has 3 rings (SSSR count). The summed E-state index contributed by atoms with van der Waals surface area (Å²) in [6, 6.07) is 12.7. The Morgan fingerprint density at radius 1 is 1.04 bits per heavy atom. The first-order valence-electron chi connectivity index (χ1n) is 8.86. The summed E-state index contributed by atoms with van der Waals surface area (Å²) < 4.78 is 0. The van der Waals surface area contributed by atoms with Crippen molar-refractivity contribution >= 4 is 23.2 Å². The molecule has 0 aliphatic carbocycles. The third-order valence-corrected chi connectivity index (χ3v) is 4.77. The Hall–Kier alpha value is -2.73. The van der Waals surface area contributed by atoms with Gasteiger partial charge in [-0.15, -0.1) is 0 Å². The molecule has 2 aromatic rings. The van der Waals surface area contributed by atoms with E-state index in [4.69, 9.17) is 0 Å². The van der Waals surface area contributed by atoms with E-state index in [-0.39, 0.29) is 17.7 Å². The number of carbonyl (C=O) groups excluding carboxylic acids is 2. The number of anilines is 2. The third-order valence-electron chi connectivity index (χ3n) is 4.77. The van der Waals surface area contributed by atoms with E-state index in [1.807, 2.05) is 25.1 Å². The van der Waals surface area contributed by atoms with E-state index in [1.165, 1.54) is 6.92 Å². The number of ketones is 1. The van der Waals surface area contributed by atoms with Gasteiger partial charge < -0.3 is 10.2 Å². The molecule has 26 heavy (non-hydrogen) atoms. The highest BCUT2D eigenvalue weighted by molar-refractivity contribution is 5.97. The molecular weight excluding hydrogens is 328 g/mol. The zero-order valence-corrected chi connectivity index (χ0v) is 15.2. The second-order valence-corrected chi connectivity index (χ2v) is 6.51. The molecule has 1 fully saturated rings. The summed E-state index contributed by atoms with van der Waals surface area (Å²) >= 11 is 0. The van der Waals surface area contributed by atoms with Crippen molar-refractivity contribution in [3.05, 3.63) is 54.2 Å². The Labute approximate surface area is 153 Å². The number of nitrogens with one attached hydrogen (secondary N) is 1. The lowest BCUT2D eigenvalue weighted by molar-refractivity contribution is -0.120. The summed E-state index contributed by atoms with van der Waals surface area (Å²) in [5, 5.41) is 2.93. The van der Waals surface area contributed by atoms with Crippen LogP contribution < -0.4 is 10.2 Å². The molecule has 6 nitrogen and oxygen atoms in total. The average Bonchev–Trinajstić information content (AvgIpc) is 2.68. The number of hydrogen-bond acceptors (Lipinski definition) is 5. The monoisotopic (exact) mass is 352 g/mol. The summed E-state index contributed by atoms with van der Waals surface area (Å²) in [7, 11) is 0. The predicted molar refractivity (Wildman–Crippen MR) is 103 cm³/mol. The number of piperazine rings is 1. The summed E-state index contributed by atoms with van der Waals surface area (Å²) in [5.74, 6) is 0.962. The van der Waals surface area contributed by atoms with Crippen LogP contribution in [0.3, 0.4) is 0 Å². The number of aromatic nitrogens is 1. The molecule has 6 heteroatoms. The topological polar surface area (TPSA) is 65.5 Å². The fourth-order valence-corrected chi connectivity index (χ4v) is 3.08. The summed E-state index contributed by atoms with van der Waals surface area (Å²) in [4.78, 5) is 32.7. The van der Waals surface area contributed by atoms with Gasteiger partial charge in [0.2, 0.25) is 5.91 Å². The van der Waals surface area contributed by atoms with Gasteiger partial charge in [-0.25, -0.2) is 4.98 Å². The van der Waals surface area contributed by atoms with Crippen molar-refractivity contribution in [1.29, 1.82) is 0 Å². The Bertz CT molecular complexity index is 753. The van der Waals surface area contributed by atoms with Crippen LogP contribution in [0.15, 0.2) is 48.7 Å². The summed E-state index contributed by atoms with van der Waals surface area (Å²) in [6.07, 6.45) is 1.80. The quantitative estimate of drug-likeness (QED) is 0.837. The zero-order valence-electron chi connectivity index (χ0n) is 15.2. The van der Waals surface area contributed by atoms with Gasteiger partial charge in [0.1, 0.15) is 5.82 Å². The maximum atomic E-state index is 12.5. The van der Waals surface area contributed by atoms with Crippen LogP contribution in [0.4, 0.5) is 11.5 Å². The molecule has 1 N–H and O–H groups in total. The molecule has 0 spiro atoms. The fourth-order valence-electron chi connectivity index (χ4n) is 3.08. The number of rotatable bonds is 5. The van der Waals surface area contributed by atoms with E-state index < -0.39 is 0 Å². The SMILES string of the molecule is CC(=O)c1ccc(NC(=O)[C@@H](C)N2CCN(c3ccccn3)CC2)cc1. The number of hydrogen-bond donors (Lipinski definition) is 1. The number of nitrogens with zero attached hydrogens (tertiary/aromatic N) is 3. The smallest absolute Gasteiger partial charge is 0.241 e. The maximum Gasteiger partial charge on any atom is 0.241 e. The van der Waals surface area contributed by atoms with Crippen molar-refractivity contribution in [2.24, 2.45) is 0 Å². The van der Waals surface area contributed by atoms with Crippen LogP contribution in [-0.4, -0.2) is 53.8 Å². The third kappa shape index (κ3) is 4.26. The number of benzene rings is 1. The van der Waals surface area contributed by atoms with E-state index in [0.717, 1.165) is 32.0 Å². The first-order chi connectivity index (χ1) is 12.5. The molecule has 2 heterocycles. The lowest BCUT2D eigenvalue weighted by Crippen LogP contribution is -2.53. The largest absolute Gasteiger partial charge is 0.354 e. The molecule has 1 atom stereocenters. The van der Waals surface area contributed by atoms with Crippen molar-refractivity contribution < 1.29 is 9.59 Å². The van der Waals surface area contributed by atoms with Gasteiger partial charge in [0.05, 0.1) is 6.04 Å². The van der Waals surface area contributed by atoms with Gasteiger partial charge in [-0.3, -0.25) is 14.5 Å². The minimum absolute atomic E-state index is 0.0158. The molecule has 136 valence electrons. The van der Waals surface area contributed by atoms with Crippen molar-refractivity contribution in [2.75, 3.05) is 36.4 Å². The summed E-state index contributed by atoms with van der Waals surface area (Å²) in [5.41, 5.74) is 1.35. The standard InChI is InChI=1S/C20H24N4O2/c1-15(20(26)22-18-8-6-17(7-9-18)16(2)25)23-11-13-24(14-12-23)19-5-3-4-10-21-19/h3-10,15H,11-14H2,1-2H3,(H,22,26)/t15-/m1/s1. The minimum Gasteiger partial charge on any atom is -0.354 e. The number of amides is 1. The second kappa shape index (κ2) is 8.10. The highest BCUT2D eigenvalue weighted by Gasteiger charge is 2.26. The number of pyridine rings is 1. The Kier molecular flexibility index (Phi) is 5.63. The van der Waals surface area contributed by atoms with Crippen molar-refractivity contribution in [2.45, 2.75) is 19.9 Å². The van der Waals surface area contributed by atoms with Gasteiger partial charge >= 0.3 is 0 Å². The van der Waals surface area contributed by atoms with Crippen LogP contribution in [-0.2, 0) is 4.79 Å². The summed E-state index contributed by atoms with van der Waals surface area (Å²) in [6.45, 7) is 6.78. The molecule has 1 aliphatic rings. The molecule has 1 aromatic carbocycles. The molecule has 1 amide bonds. The molecule has 1 aliphatic heterocycles. The number of Topliss-reactive ketones (excluding diaryl/α,β-unsaturated/α-hetero) is 1. The van der Waals surface area contributed by atoms with Gasteiger partial charge in [0, 0.05) is 43.6 Å². The number of carbonyl (C=O) groups is 2. The highest BCUT2D eigenvalue weighted by atomic mass is 16.2. The predicted octanol–water partition coefficient (Wildman–Crippen LogP) is 2.43. The van der Waals surface area contributed by atoms with E-state index in [2.05, 4.69) is 20.1 Å². The molecule has 0 radical (unpaired) electrons. The Balaban J connectivity index is 1.53. The van der Waals surface area contributed by atoms with Crippen LogP contribution in [0.5, 0.6) is 0 Å². The lowest BCUT2D eigenvalue weighted by atomic mass is 10.1. The minimum atomic E-state index is -0.214. The maximum absolute atomic E-state index is 12.5. The van der Waals surface area contributed by atoms with E-state index in [0.29, 0.717) is 11.3 Å². The average molecular weight is 352 g/mol. The van der Waals surface area contributed by atoms with Gasteiger partial charge in [0.15, 0.2) is 5.78 Å². The van der Waals surface area contributed by atoms with Crippen molar-refractivity contribution in [1.82, 2.24) is 9.88 Å². The van der Waals surface area contributed by atoms with Gasteiger partial charge in [-0.2, -0.15) is 0 Å². The van der Waals surface area contributed by atoms with E-state index in [1.54, 1.807) is 30.5 Å². The molecule has 0 unspecified atom stereocenters. The molecule has 0 saturated carbocycles. The van der Waals surface area contributed by atoms with Crippen LogP contribution in [0, 0.1) is 0 Å². The Morgan fingerprint density at radius 3 is 2.31 bits per heavy atom.